The Morgan fingerprint density at radius 3 is 2.68 bits per heavy atom. The van der Waals surface area contributed by atoms with E-state index in [2.05, 4.69) is 26.0 Å². The van der Waals surface area contributed by atoms with Gasteiger partial charge in [0.05, 0.1) is 12.1 Å². The molecule has 19 heavy (non-hydrogen) atoms. The highest BCUT2D eigenvalue weighted by atomic mass is 79.9. The molecule has 2 aromatic heterocycles. The Morgan fingerprint density at radius 2 is 1.95 bits per heavy atom. The van der Waals surface area contributed by atoms with Crippen LogP contribution in [0.3, 0.4) is 0 Å². The van der Waals surface area contributed by atoms with E-state index >= 15 is 0 Å². The van der Waals surface area contributed by atoms with Crippen molar-refractivity contribution in [3.8, 4) is 11.3 Å². The lowest BCUT2D eigenvalue weighted by atomic mass is 10.1. The van der Waals surface area contributed by atoms with Gasteiger partial charge in [-0.3, -0.25) is 9.67 Å². The first-order valence-electron chi connectivity index (χ1n) is 6.06. The Labute approximate surface area is 119 Å². The molecule has 0 spiro atoms. The molecule has 0 saturated carbocycles. The van der Waals surface area contributed by atoms with E-state index in [9.17, 15) is 0 Å². The normalized spacial score (nSPS) is 11.1. The first kappa shape index (κ1) is 12.3. The zero-order chi connectivity index (χ0) is 13.2. The monoisotopic (exact) mass is 316 g/mol. The van der Waals surface area contributed by atoms with Crippen LogP contribution in [-0.2, 0) is 6.54 Å². The van der Waals surface area contributed by atoms with Crippen LogP contribution in [0.2, 0.25) is 0 Å². The minimum absolute atomic E-state index is 0.568. The quantitative estimate of drug-likeness (QED) is 0.808. The van der Waals surface area contributed by atoms with Gasteiger partial charge in [-0.25, -0.2) is 0 Å². The maximum Gasteiger partial charge on any atom is 0.102 e. The molecule has 4 nitrogen and oxygen atoms in total. The third-order valence-corrected chi connectivity index (χ3v) is 3.54. The fraction of sp³-hybridized carbons (Fsp3) is 0.143. The van der Waals surface area contributed by atoms with Gasteiger partial charge >= 0.3 is 0 Å². The van der Waals surface area contributed by atoms with Gasteiger partial charge < -0.3 is 5.73 Å². The summed E-state index contributed by atoms with van der Waals surface area (Å²) in [5, 5.41) is 5.71. The number of nitrogens with zero attached hydrogens (tertiary/aromatic N) is 3. The van der Waals surface area contributed by atoms with Crippen molar-refractivity contribution in [3.05, 3.63) is 47.2 Å². The number of benzene rings is 1. The lowest BCUT2D eigenvalue weighted by Gasteiger charge is -1.99. The lowest BCUT2D eigenvalue weighted by molar-refractivity contribution is 0.648. The third kappa shape index (κ3) is 2.27. The molecule has 96 valence electrons. The molecule has 0 aliphatic rings. The number of hydrogen-bond donors (Lipinski definition) is 1. The van der Waals surface area contributed by atoms with E-state index in [1.165, 1.54) is 0 Å². The Bertz CT molecular complexity index is 703. The van der Waals surface area contributed by atoms with Gasteiger partial charge in [0.2, 0.25) is 0 Å². The fourth-order valence-corrected chi connectivity index (χ4v) is 2.40. The molecule has 0 radical (unpaired) electrons. The number of pyridine rings is 1. The molecule has 0 amide bonds. The number of nitrogens with two attached hydrogens (primary N) is 1. The minimum atomic E-state index is 0.568. The summed E-state index contributed by atoms with van der Waals surface area (Å²) >= 11 is 3.44. The Hall–Kier alpha value is -1.72. The van der Waals surface area contributed by atoms with Crippen LogP contribution in [0, 0.1) is 0 Å². The van der Waals surface area contributed by atoms with E-state index in [0.29, 0.717) is 13.1 Å². The largest absolute Gasteiger partial charge is 0.329 e. The molecule has 0 unspecified atom stereocenters. The molecule has 0 atom stereocenters. The number of rotatable bonds is 3. The molecule has 3 rings (SSSR count). The standard InChI is InChI=1S/C14H13BrN4/c15-11-3-1-10(2-4-11)14-12-9-17-7-5-13(12)19(18-14)8-6-16/h1-5,7,9H,6,8,16H2. The first-order chi connectivity index (χ1) is 9.29. The predicted octanol–water partition coefficient (Wildman–Crippen LogP) is 2.82. The van der Waals surface area contributed by atoms with Gasteiger partial charge in [0.15, 0.2) is 0 Å². The molecule has 2 N–H and O–H groups in total. The van der Waals surface area contributed by atoms with Crippen molar-refractivity contribution in [2.24, 2.45) is 5.73 Å². The van der Waals surface area contributed by atoms with Gasteiger partial charge in [0.25, 0.3) is 0 Å². The van der Waals surface area contributed by atoms with Gasteiger partial charge in [-0.2, -0.15) is 5.10 Å². The molecule has 0 aliphatic heterocycles. The van der Waals surface area contributed by atoms with E-state index in [4.69, 9.17) is 5.73 Å². The summed E-state index contributed by atoms with van der Waals surface area (Å²) in [5.74, 6) is 0. The summed E-state index contributed by atoms with van der Waals surface area (Å²) in [4.78, 5) is 4.20. The van der Waals surface area contributed by atoms with Gasteiger partial charge in [-0.15, -0.1) is 0 Å². The van der Waals surface area contributed by atoms with E-state index in [1.54, 1.807) is 6.20 Å². The van der Waals surface area contributed by atoms with E-state index in [-0.39, 0.29) is 0 Å². The van der Waals surface area contributed by atoms with Crippen LogP contribution in [0.15, 0.2) is 47.2 Å². The van der Waals surface area contributed by atoms with Crippen molar-refractivity contribution in [2.75, 3.05) is 6.54 Å². The molecule has 5 heteroatoms. The van der Waals surface area contributed by atoms with Crippen LogP contribution in [0.4, 0.5) is 0 Å². The highest BCUT2D eigenvalue weighted by Gasteiger charge is 2.11. The second kappa shape index (κ2) is 5.11. The van der Waals surface area contributed by atoms with Crippen LogP contribution in [0.1, 0.15) is 0 Å². The van der Waals surface area contributed by atoms with Gasteiger partial charge in [-0.1, -0.05) is 28.1 Å². The maximum absolute atomic E-state index is 5.64. The van der Waals surface area contributed by atoms with Crippen LogP contribution >= 0.6 is 15.9 Å². The molecule has 0 aliphatic carbocycles. The maximum atomic E-state index is 5.64. The molecule has 3 aromatic rings. The second-order valence-electron chi connectivity index (χ2n) is 4.26. The smallest absolute Gasteiger partial charge is 0.102 e. The van der Waals surface area contributed by atoms with Crippen LogP contribution in [0.5, 0.6) is 0 Å². The minimum Gasteiger partial charge on any atom is -0.329 e. The lowest BCUT2D eigenvalue weighted by Crippen LogP contribution is -2.10. The summed E-state index contributed by atoms with van der Waals surface area (Å²) in [5.41, 5.74) is 8.73. The zero-order valence-electron chi connectivity index (χ0n) is 10.3. The van der Waals surface area contributed by atoms with Crippen LogP contribution in [-0.4, -0.2) is 21.3 Å². The van der Waals surface area contributed by atoms with Crippen molar-refractivity contribution in [2.45, 2.75) is 6.54 Å². The highest BCUT2D eigenvalue weighted by Crippen LogP contribution is 2.28. The van der Waals surface area contributed by atoms with Crippen molar-refractivity contribution in [3.63, 3.8) is 0 Å². The average Bonchev–Trinajstić information content (AvgIpc) is 2.80. The average molecular weight is 317 g/mol. The van der Waals surface area contributed by atoms with Crippen molar-refractivity contribution >= 4 is 26.8 Å². The fourth-order valence-electron chi connectivity index (χ4n) is 2.14. The molecule has 1 aromatic carbocycles. The molecule has 0 saturated heterocycles. The summed E-state index contributed by atoms with van der Waals surface area (Å²) < 4.78 is 2.99. The van der Waals surface area contributed by atoms with Crippen molar-refractivity contribution in [1.82, 2.24) is 14.8 Å². The summed E-state index contributed by atoms with van der Waals surface area (Å²) in [6.07, 6.45) is 3.63. The molecule has 0 bridgehead atoms. The zero-order valence-corrected chi connectivity index (χ0v) is 11.8. The predicted molar refractivity (Wildman–Crippen MR) is 79.7 cm³/mol. The van der Waals surface area contributed by atoms with Gasteiger partial charge in [-0.05, 0) is 18.2 Å². The SMILES string of the molecule is NCCn1nc(-c2ccc(Br)cc2)c2cnccc21. The molecular formula is C14H13BrN4. The topological polar surface area (TPSA) is 56.7 Å². The first-order valence-corrected chi connectivity index (χ1v) is 6.85. The summed E-state index contributed by atoms with van der Waals surface area (Å²) in [6, 6.07) is 10.1. The third-order valence-electron chi connectivity index (χ3n) is 3.01. The number of fused-ring (bicyclic) bond motifs is 1. The van der Waals surface area contributed by atoms with Gasteiger partial charge in [0.1, 0.15) is 5.69 Å². The number of halogens is 1. The Balaban J connectivity index is 2.20. The Morgan fingerprint density at radius 1 is 1.16 bits per heavy atom. The summed E-state index contributed by atoms with van der Waals surface area (Å²) in [6.45, 7) is 1.27. The van der Waals surface area contributed by atoms with Crippen molar-refractivity contribution in [1.29, 1.82) is 0 Å². The van der Waals surface area contributed by atoms with Gasteiger partial charge in [0, 0.05) is 34.4 Å². The molecule has 2 heterocycles. The second-order valence-corrected chi connectivity index (χ2v) is 5.18. The van der Waals surface area contributed by atoms with Crippen LogP contribution < -0.4 is 5.73 Å². The molecule has 0 fully saturated rings. The summed E-state index contributed by atoms with van der Waals surface area (Å²) in [7, 11) is 0. The van der Waals surface area contributed by atoms with E-state index < -0.39 is 0 Å². The van der Waals surface area contributed by atoms with Crippen LogP contribution in [0.25, 0.3) is 22.2 Å². The highest BCUT2D eigenvalue weighted by molar-refractivity contribution is 9.10. The van der Waals surface area contributed by atoms with E-state index in [1.807, 2.05) is 41.2 Å². The van der Waals surface area contributed by atoms with Crippen molar-refractivity contribution < 1.29 is 0 Å². The molecular weight excluding hydrogens is 304 g/mol. The number of aromatic nitrogens is 3. The van der Waals surface area contributed by atoms with E-state index in [0.717, 1.165) is 26.6 Å². The Kier molecular flexibility index (Phi) is 3.31. The number of hydrogen-bond acceptors (Lipinski definition) is 3.